The summed E-state index contributed by atoms with van der Waals surface area (Å²) in [7, 11) is 1.89. The number of hydrogen-bond donors (Lipinski definition) is 1. The van der Waals surface area contributed by atoms with Crippen LogP contribution in [-0.4, -0.2) is 18.6 Å². The maximum absolute atomic E-state index is 5.41. The Morgan fingerprint density at radius 1 is 1.29 bits per heavy atom. The molecule has 1 heterocycles. The molecule has 2 rings (SSSR count). The Balaban J connectivity index is 2.03. The summed E-state index contributed by atoms with van der Waals surface area (Å²) < 4.78 is 5.41. The first-order chi connectivity index (χ1) is 8.31. The summed E-state index contributed by atoms with van der Waals surface area (Å²) in [5.74, 6) is 0.922. The lowest BCUT2D eigenvalue weighted by molar-refractivity contribution is 0.340. The number of nitrogens with zero attached hydrogens (tertiary/aromatic N) is 1. The van der Waals surface area contributed by atoms with Gasteiger partial charge in [0, 0.05) is 18.8 Å². The number of ether oxygens (including phenoxy) is 1. The lowest BCUT2D eigenvalue weighted by Gasteiger charge is -2.03. The molecule has 1 aromatic carbocycles. The van der Waals surface area contributed by atoms with Crippen molar-refractivity contribution in [3.63, 3.8) is 0 Å². The van der Waals surface area contributed by atoms with Crippen LogP contribution in [0.2, 0.25) is 0 Å². The molecule has 3 nitrogen and oxygen atoms in total. The number of aromatic nitrogens is 1. The normalized spacial score (nSPS) is 10.2. The molecule has 0 aliphatic heterocycles. The van der Waals surface area contributed by atoms with E-state index in [0.29, 0.717) is 6.61 Å². The number of hydrogen-bond acceptors (Lipinski definition) is 4. The molecule has 0 aliphatic carbocycles. The van der Waals surface area contributed by atoms with E-state index in [1.165, 1.54) is 5.56 Å². The Morgan fingerprint density at radius 2 is 2.06 bits per heavy atom. The average Bonchev–Trinajstić information content (AvgIpc) is 2.80. The van der Waals surface area contributed by atoms with Gasteiger partial charge in [0.05, 0.1) is 12.3 Å². The van der Waals surface area contributed by atoms with Crippen LogP contribution in [0.3, 0.4) is 0 Å². The van der Waals surface area contributed by atoms with Gasteiger partial charge in [-0.1, -0.05) is 12.1 Å². The third kappa shape index (κ3) is 3.20. The van der Waals surface area contributed by atoms with Crippen molar-refractivity contribution in [2.45, 2.75) is 13.3 Å². The van der Waals surface area contributed by atoms with Gasteiger partial charge in [-0.3, -0.25) is 0 Å². The van der Waals surface area contributed by atoms with Crippen LogP contribution >= 0.6 is 11.3 Å². The highest BCUT2D eigenvalue weighted by Gasteiger charge is 2.02. The van der Waals surface area contributed by atoms with Crippen LogP contribution < -0.4 is 10.1 Å². The van der Waals surface area contributed by atoms with Crippen LogP contribution in [0, 0.1) is 0 Å². The Kier molecular flexibility index (Phi) is 3.98. The first-order valence-electron chi connectivity index (χ1n) is 5.65. The number of thiazole rings is 1. The van der Waals surface area contributed by atoms with Crippen molar-refractivity contribution in [3.8, 4) is 5.75 Å². The van der Waals surface area contributed by atoms with Crippen molar-refractivity contribution in [3.05, 3.63) is 40.9 Å². The SMILES string of the molecule is CCOc1ccc(Cc2csc(NC)n2)cc1. The fraction of sp³-hybridized carbons (Fsp3) is 0.308. The zero-order valence-corrected chi connectivity index (χ0v) is 10.9. The van der Waals surface area contributed by atoms with Gasteiger partial charge in [0.1, 0.15) is 5.75 Å². The van der Waals surface area contributed by atoms with Gasteiger partial charge >= 0.3 is 0 Å². The zero-order valence-electron chi connectivity index (χ0n) is 10.1. The van der Waals surface area contributed by atoms with E-state index in [-0.39, 0.29) is 0 Å². The average molecular weight is 248 g/mol. The topological polar surface area (TPSA) is 34.1 Å². The van der Waals surface area contributed by atoms with Gasteiger partial charge in [-0.2, -0.15) is 0 Å². The summed E-state index contributed by atoms with van der Waals surface area (Å²) in [6.45, 7) is 2.69. The van der Waals surface area contributed by atoms with Gasteiger partial charge in [0.25, 0.3) is 0 Å². The van der Waals surface area contributed by atoms with E-state index < -0.39 is 0 Å². The van der Waals surface area contributed by atoms with Gasteiger partial charge in [-0.25, -0.2) is 4.98 Å². The third-order valence-electron chi connectivity index (χ3n) is 2.39. The summed E-state index contributed by atoms with van der Waals surface area (Å²) in [4.78, 5) is 4.46. The summed E-state index contributed by atoms with van der Waals surface area (Å²) in [5.41, 5.74) is 2.35. The molecule has 0 saturated heterocycles. The first-order valence-corrected chi connectivity index (χ1v) is 6.53. The predicted molar refractivity (Wildman–Crippen MR) is 72.1 cm³/mol. The van der Waals surface area contributed by atoms with E-state index in [2.05, 4.69) is 27.8 Å². The fourth-order valence-corrected chi connectivity index (χ4v) is 2.25. The van der Waals surface area contributed by atoms with Crippen molar-refractivity contribution in [1.29, 1.82) is 0 Å². The molecule has 1 N–H and O–H groups in total. The molecular weight excluding hydrogens is 232 g/mol. The molecule has 0 spiro atoms. The number of benzene rings is 1. The van der Waals surface area contributed by atoms with Crippen molar-refractivity contribution in [1.82, 2.24) is 4.98 Å². The van der Waals surface area contributed by atoms with Crippen LogP contribution in [0.5, 0.6) is 5.75 Å². The van der Waals surface area contributed by atoms with Gasteiger partial charge in [-0.05, 0) is 24.6 Å². The monoisotopic (exact) mass is 248 g/mol. The Hall–Kier alpha value is -1.55. The molecule has 1 aromatic heterocycles. The smallest absolute Gasteiger partial charge is 0.182 e. The minimum atomic E-state index is 0.705. The highest BCUT2D eigenvalue weighted by Crippen LogP contribution is 2.19. The van der Waals surface area contributed by atoms with E-state index in [1.807, 2.05) is 26.1 Å². The second-order valence-corrected chi connectivity index (χ2v) is 4.51. The second kappa shape index (κ2) is 5.68. The molecule has 0 fully saturated rings. The molecule has 2 aromatic rings. The van der Waals surface area contributed by atoms with Gasteiger partial charge in [0.15, 0.2) is 5.13 Å². The molecule has 4 heteroatoms. The molecule has 17 heavy (non-hydrogen) atoms. The third-order valence-corrected chi connectivity index (χ3v) is 3.29. The zero-order chi connectivity index (χ0) is 12.1. The molecular formula is C13H16N2OS. The maximum atomic E-state index is 5.41. The summed E-state index contributed by atoms with van der Waals surface area (Å²) in [5, 5.41) is 6.10. The van der Waals surface area contributed by atoms with Crippen molar-refractivity contribution in [2.24, 2.45) is 0 Å². The van der Waals surface area contributed by atoms with E-state index in [4.69, 9.17) is 4.74 Å². The number of rotatable bonds is 5. The molecule has 0 unspecified atom stereocenters. The number of nitrogens with one attached hydrogen (secondary N) is 1. The second-order valence-electron chi connectivity index (χ2n) is 3.65. The largest absolute Gasteiger partial charge is 0.494 e. The highest BCUT2D eigenvalue weighted by atomic mass is 32.1. The lowest BCUT2D eigenvalue weighted by atomic mass is 10.1. The minimum absolute atomic E-state index is 0.705. The highest BCUT2D eigenvalue weighted by molar-refractivity contribution is 7.13. The standard InChI is InChI=1S/C13H16N2OS/c1-3-16-12-6-4-10(5-7-12)8-11-9-17-13(14-2)15-11/h4-7,9H,3,8H2,1-2H3,(H,14,15). The van der Waals surface area contributed by atoms with Crippen LogP contribution in [0.15, 0.2) is 29.6 Å². The molecule has 0 radical (unpaired) electrons. The Bertz CT molecular complexity index is 465. The number of anilines is 1. The van der Waals surface area contributed by atoms with Crippen molar-refractivity contribution >= 4 is 16.5 Å². The molecule has 0 saturated carbocycles. The Labute approximate surface area is 105 Å². The summed E-state index contributed by atoms with van der Waals surface area (Å²) >= 11 is 1.63. The van der Waals surface area contributed by atoms with Crippen LogP contribution in [-0.2, 0) is 6.42 Å². The summed E-state index contributed by atoms with van der Waals surface area (Å²) in [6, 6.07) is 8.18. The molecule has 90 valence electrons. The maximum Gasteiger partial charge on any atom is 0.182 e. The van der Waals surface area contributed by atoms with Crippen LogP contribution in [0.25, 0.3) is 0 Å². The van der Waals surface area contributed by atoms with Crippen LogP contribution in [0.1, 0.15) is 18.2 Å². The van der Waals surface area contributed by atoms with E-state index in [9.17, 15) is 0 Å². The van der Waals surface area contributed by atoms with E-state index >= 15 is 0 Å². The van der Waals surface area contributed by atoms with Crippen molar-refractivity contribution < 1.29 is 4.74 Å². The quantitative estimate of drug-likeness (QED) is 0.882. The molecule has 0 amide bonds. The van der Waals surface area contributed by atoms with Gasteiger partial charge in [-0.15, -0.1) is 11.3 Å². The predicted octanol–water partition coefficient (Wildman–Crippen LogP) is 3.17. The van der Waals surface area contributed by atoms with Crippen molar-refractivity contribution in [2.75, 3.05) is 19.0 Å². The molecule has 0 bridgehead atoms. The van der Waals surface area contributed by atoms with E-state index in [1.54, 1.807) is 11.3 Å². The Morgan fingerprint density at radius 3 is 2.65 bits per heavy atom. The van der Waals surface area contributed by atoms with Gasteiger partial charge < -0.3 is 10.1 Å². The molecule has 0 aliphatic rings. The summed E-state index contributed by atoms with van der Waals surface area (Å²) in [6.07, 6.45) is 0.866. The molecule has 0 atom stereocenters. The van der Waals surface area contributed by atoms with Crippen LogP contribution in [0.4, 0.5) is 5.13 Å². The van der Waals surface area contributed by atoms with Gasteiger partial charge in [0.2, 0.25) is 0 Å². The lowest BCUT2D eigenvalue weighted by Crippen LogP contribution is -1.93. The first kappa shape index (κ1) is 11.9. The minimum Gasteiger partial charge on any atom is -0.494 e. The fourth-order valence-electron chi connectivity index (χ4n) is 1.58. The van der Waals surface area contributed by atoms with E-state index in [0.717, 1.165) is 23.0 Å².